The molecule has 1 heterocycles. The zero-order valence-corrected chi connectivity index (χ0v) is 15.2. The molecule has 2 unspecified atom stereocenters. The van der Waals surface area contributed by atoms with Gasteiger partial charge in [-0.1, -0.05) is 41.9 Å². The molecule has 1 saturated heterocycles. The molecule has 0 radical (unpaired) electrons. The average molecular weight is 353 g/mol. The van der Waals surface area contributed by atoms with E-state index in [9.17, 15) is 0 Å². The topological polar surface area (TPSA) is 15.3 Å². The number of hydrogen-bond donors (Lipinski definition) is 1. The fraction of sp³-hybridized carbons (Fsp3) is 0.667. The van der Waals surface area contributed by atoms with Crippen molar-refractivity contribution in [3.63, 3.8) is 0 Å². The van der Waals surface area contributed by atoms with Crippen LogP contribution >= 0.6 is 15.9 Å². The Bertz CT molecular complexity index is 447. The van der Waals surface area contributed by atoms with E-state index in [2.05, 4.69) is 65.1 Å². The maximum absolute atomic E-state index is 3.76. The summed E-state index contributed by atoms with van der Waals surface area (Å²) < 4.78 is 1.25. The number of piperidine rings is 1. The van der Waals surface area contributed by atoms with Crippen LogP contribution in [0.5, 0.6) is 0 Å². The van der Waals surface area contributed by atoms with Gasteiger partial charge in [0.15, 0.2) is 0 Å². The van der Waals surface area contributed by atoms with E-state index in [4.69, 9.17) is 0 Å². The molecule has 3 heteroatoms. The maximum Gasteiger partial charge on any atom is 0.0247 e. The van der Waals surface area contributed by atoms with Gasteiger partial charge in [0.2, 0.25) is 0 Å². The first-order chi connectivity index (χ1) is 10.1. The summed E-state index contributed by atoms with van der Waals surface area (Å²) in [6.45, 7) is 11.3. The van der Waals surface area contributed by atoms with Crippen LogP contribution in [-0.2, 0) is 13.1 Å². The SMILES string of the molecule is CCCNCc1ccc(CN2CCCC(C)C2C)c(Br)c1. The van der Waals surface area contributed by atoms with Gasteiger partial charge in [0.05, 0.1) is 0 Å². The van der Waals surface area contributed by atoms with Crippen molar-refractivity contribution in [3.8, 4) is 0 Å². The largest absolute Gasteiger partial charge is 0.313 e. The Morgan fingerprint density at radius 1 is 1.33 bits per heavy atom. The molecule has 1 aromatic carbocycles. The van der Waals surface area contributed by atoms with Gasteiger partial charge in [0.25, 0.3) is 0 Å². The number of hydrogen-bond acceptors (Lipinski definition) is 2. The first kappa shape index (κ1) is 17.0. The number of benzene rings is 1. The summed E-state index contributed by atoms with van der Waals surface area (Å²) in [6.07, 6.45) is 3.90. The molecule has 118 valence electrons. The third-order valence-corrected chi connectivity index (χ3v) is 5.49. The Labute approximate surface area is 138 Å². The van der Waals surface area contributed by atoms with Gasteiger partial charge in [-0.05, 0) is 62.4 Å². The second-order valence-corrected chi connectivity index (χ2v) is 7.29. The van der Waals surface area contributed by atoms with Gasteiger partial charge in [0, 0.05) is 23.6 Å². The molecule has 0 amide bonds. The van der Waals surface area contributed by atoms with E-state index in [1.807, 2.05) is 0 Å². The molecule has 0 saturated carbocycles. The third kappa shape index (κ3) is 4.80. The Morgan fingerprint density at radius 3 is 2.86 bits per heavy atom. The quantitative estimate of drug-likeness (QED) is 0.754. The van der Waals surface area contributed by atoms with Gasteiger partial charge in [-0.25, -0.2) is 0 Å². The summed E-state index contributed by atoms with van der Waals surface area (Å²) >= 11 is 3.76. The van der Waals surface area contributed by atoms with Gasteiger partial charge in [0.1, 0.15) is 0 Å². The Morgan fingerprint density at radius 2 is 2.14 bits per heavy atom. The first-order valence-electron chi connectivity index (χ1n) is 8.34. The average Bonchev–Trinajstić information content (AvgIpc) is 2.47. The molecule has 0 aromatic heterocycles. The van der Waals surface area contributed by atoms with Crippen molar-refractivity contribution in [2.45, 2.75) is 59.2 Å². The van der Waals surface area contributed by atoms with Crippen LogP contribution in [0.4, 0.5) is 0 Å². The lowest BCUT2D eigenvalue weighted by atomic mass is 9.91. The van der Waals surface area contributed by atoms with Crippen molar-refractivity contribution in [2.75, 3.05) is 13.1 Å². The molecule has 1 fully saturated rings. The van der Waals surface area contributed by atoms with Crippen molar-refractivity contribution in [1.29, 1.82) is 0 Å². The predicted molar refractivity (Wildman–Crippen MR) is 94.4 cm³/mol. The van der Waals surface area contributed by atoms with Crippen LogP contribution in [0.2, 0.25) is 0 Å². The highest BCUT2D eigenvalue weighted by molar-refractivity contribution is 9.10. The highest BCUT2D eigenvalue weighted by Crippen LogP contribution is 2.27. The molecule has 1 N–H and O–H groups in total. The monoisotopic (exact) mass is 352 g/mol. The number of nitrogens with one attached hydrogen (secondary N) is 1. The third-order valence-electron chi connectivity index (χ3n) is 4.75. The van der Waals surface area contributed by atoms with Gasteiger partial charge in [-0.3, -0.25) is 4.90 Å². The lowest BCUT2D eigenvalue weighted by Gasteiger charge is -2.38. The van der Waals surface area contributed by atoms with Gasteiger partial charge < -0.3 is 5.32 Å². The molecule has 2 nitrogen and oxygen atoms in total. The molecule has 2 atom stereocenters. The van der Waals surface area contributed by atoms with Crippen LogP contribution in [0.1, 0.15) is 51.2 Å². The maximum atomic E-state index is 3.76. The minimum atomic E-state index is 0.691. The molecule has 1 aromatic rings. The van der Waals surface area contributed by atoms with Crippen molar-refractivity contribution in [3.05, 3.63) is 33.8 Å². The van der Waals surface area contributed by atoms with Crippen LogP contribution in [0.15, 0.2) is 22.7 Å². The molecular formula is C18H29BrN2. The standard InChI is InChI=1S/C18H29BrN2/c1-4-9-20-12-16-7-8-17(18(19)11-16)13-21-10-5-6-14(2)15(21)3/h7-8,11,14-15,20H,4-6,9-10,12-13H2,1-3H3. The summed E-state index contributed by atoms with van der Waals surface area (Å²) in [5.41, 5.74) is 2.77. The van der Waals surface area contributed by atoms with Crippen molar-refractivity contribution in [1.82, 2.24) is 10.2 Å². The fourth-order valence-electron chi connectivity index (χ4n) is 3.10. The van der Waals surface area contributed by atoms with E-state index in [0.717, 1.165) is 25.6 Å². The van der Waals surface area contributed by atoms with Gasteiger partial charge >= 0.3 is 0 Å². The Hall–Kier alpha value is -0.380. The zero-order valence-electron chi connectivity index (χ0n) is 13.7. The molecule has 0 aliphatic carbocycles. The minimum Gasteiger partial charge on any atom is -0.313 e. The van der Waals surface area contributed by atoms with Crippen molar-refractivity contribution >= 4 is 15.9 Å². The molecule has 21 heavy (non-hydrogen) atoms. The van der Waals surface area contributed by atoms with Crippen LogP contribution in [0.3, 0.4) is 0 Å². The molecular weight excluding hydrogens is 324 g/mol. The van der Waals surface area contributed by atoms with E-state index in [-0.39, 0.29) is 0 Å². The van der Waals surface area contributed by atoms with Crippen LogP contribution in [-0.4, -0.2) is 24.0 Å². The van der Waals surface area contributed by atoms with Crippen molar-refractivity contribution in [2.24, 2.45) is 5.92 Å². The smallest absolute Gasteiger partial charge is 0.0247 e. The molecule has 0 bridgehead atoms. The molecule has 2 rings (SSSR count). The van der Waals surface area contributed by atoms with E-state index in [0.29, 0.717) is 6.04 Å². The Balaban J connectivity index is 1.97. The van der Waals surface area contributed by atoms with E-state index >= 15 is 0 Å². The number of nitrogens with zero attached hydrogens (tertiary/aromatic N) is 1. The first-order valence-corrected chi connectivity index (χ1v) is 9.13. The number of rotatable bonds is 6. The summed E-state index contributed by atoms with van der Waals surface area (Å²) in [4.78, 5) is 2.63. The summed E-state index contributed by atoms with van der Waals surface area (Å²) in [6, 6.07) is 7.52. The lowest BCUT2D eigenvalue weighted by molar-refractivity contribution is 0.106. The normalized spacial score (nSPS) is 23.4. The Kier molecular flexibility index (Phi) is 6.72. The van der Waals surface area contributed by atoms with Crippen LogP contribution < -0.4 is 5.32 Å². The van der Waals surface area contributed by atoms with E-state index in [1.54, 1.807) is 0 Å². The zero-order chi connectivity index (χ0) is 15.2. The van der Waals surface area contributed by atoms with Gasteiger partial charge in [-0.15, -0.1) is 0 Å². The van der Waals surface area contributed by atoms with E-state index < -0.39 is 0 Å². The number of likely N-dealkylation sites (tertiary alicyclic amines) is 1. The number of halogens is 1. The van der Waals surface area contributed by atoms with Crippen LogP contribution in [0.25, 0.3) is 0 Å². The summed E-state index contributed by atoms with van der Waals surface area (Å²) in [7, 11) is 0. The van der Waals surface area contributed by atoms with Crippen molar-refractivity contribution < 1.29 is 0 Å². The van der Waals surface area contributed by atoms with Gasteiger partial charge in [-0.2, -0.15) is 0 Å². The second kappa shape index (κ2) is 8.30. The highest BCUT2D eigenvalue weighted by atomic mass is 79.9. The second-order valence-electron chi connectivity index (χ2n) is 6.43. The summed E-state index contributed by atoms with van der Waals surface area (Å²) in [5.74, 6) is 0.815. The predicted octanol–water partition coefficient (Wildman–Crippen LogP) is 4.57. The molecule has 0 spiro atoms. The highest BCUT2D eigenvalue weighted by Gasteiger charge is 2.24. The summed E-state index contributed by atoms with van der Waals surface area (Å²) in [5, 5.41) is 3.46. The van der Waals surface area contributed by atoms with E-state index in [1.165, 1.54) is 41.4 Å². The van der Waals surface area contributed by atoms with Crippen LogP contribution in [0, 0.1) is 5.92 Å². The molecule has 1 aliphatic rings. The lowest BCUT2D eigenvalue weighted by Crippen LogP contribution is -2.41. The minimum absolute atomic E-state index is 0.691. The molecule has 1 aliphatic heterocycles. The fourth-order valence-corrected chi connectivity index (χ4v) is 3.65.